The third kappa shape index (κ3) is 2.45. The molecule has 0 aromatic rings. The third-order valence-corrected chi connectivity index (χ3v) is 5.16. The summed E-state index contributed by atoms with van der Waals surface area (Å²) in [5.74, 6) is 0.897. The zero-order chi connectivity index (χ0) is 11.9. The van der Waals surface area contributed by atoms with E-state index >= 15 is 0 Å². The van der Waals surface area contributed by atoms with Crippen molar-refractivity contribution in [1.82, 2.24) is 10.2 Å². The largest absolute Gasteiger partial charge is 0.376 e. The van der Waals surface area contributed by atoms with Crippen LogP contribution in [0.15, 0.2) is 0 Å². The van der Waals surface area contributed by atoms with E-state index in [0.29, 0.717) is 6.10 Å². The maximum Gasteiger partial charge on any atom is 0.0759 e. The van der Waals surface area contributed by atoms with E-state index < -0.39 is 0 Å². The number of ether oxygens (including phenoxy) is 1. The highest BCUT2D eigenvalue weighted by molar-refractivity contribution is 4.97. The van der Waals surface area contributed by atoms with Gasteiger partial charge in [-0.1, -0.05) is 0 Å². The average Bonchev–Trinajstić information content (AvgIpc) is 3.31. The van der Waals surface area contributed by atoms with Crippen molar-refractivity contribution in [3.8, 4) is 0 Å². The number of hydrogen-bond donors (Lipinski definition) is 1. The zero-order valence-electron chi connectivity index (χ0n) is 11.3. The van der Waals surface area contributed by atoms with Crippen LogP contribution in [0.25, 0.3) is 0 Å². The predicted octanol–water partition coefficient (Wildman–Crippen LogP) is 1.77. The van der Waals surface area contributed by atoms with E-state index in [0.717, 1.165) is 30.7 Å². The molecule has 0 bridgehead atoms. The van der Waals surface area contributed by atoms with Crippen LogP contribution in [-0.4, -0.2) is 48.8 Å². The maximum atomic E-state index is 6.01. The van der Waals surface area contributed by atoms with Gasteiger partial charge in [0.2, 0.25) is 0 Å². The van der Waals surface area contributed by atoms with Gasteiger partial charge in [0, 0.05) is 31.3 Å². The molecule has 0 radical (unpaired) electrons. The van der Waals surface area contributed by atoms with E-state index in [9.17, 15) is 0 Å². The first-order valence-electron chi connectivity index (χ1n) is 8.02. The Balaban J connectivity index is 1.36. The zero-order valence-corrected chi connectivity index (χ0v) is 11.3. The van der Waals surface area contributed by atoms with Crippen molar-refractivity contribution >= 4 is 0 Å². The number of nitrogens with one attached hydrogen (secondary N) is 1. The topological polar surface area (TPSA) is 24.5 Å². The van der Waals surface area contributed by atoms with Gasteiger partial charge in [0.05, 0.1) is 6.10 Å². The lowest BCUT2D eigenvalue weighted by molar-refractivity contribution is 0.0337. The second kappa shape index (κ2) is 4.77. The fraction of sp³-hybridized carbons (Fsp3) is 1.00. The molecule has 2 saturated heterocycles. The second-order valence-electron chi connectivity index (χ2n) is 6.80. The molecule has 3 heteroatoms. The Bertz CT molecular complexity index is 301. The highest BCUT2D eigenvalue weighted by Gasteiger charge is 2.44. The fourth-order valence-electron chi connectivity index (χ4n) is 3.89. The molecule has 4 fully saturated rings. The van der Waals surface area contributed by atoms with Crippen molar-refractivity contribution in [3.05, 3.63) is 0 Å². The van der Waals surface area contributed by atoms with Crippen LogP contribution in [0.3, 0.4) is 0 Å². The molecule has 4 aliphatic rings. The molecule has 18 heavy (non-hydrogen) atoms. The maximum absolute atomic E-state index is 6.01. The lowest BCUT2D eigenvalue weighted by Gasteiger charge is -2.39. The Hall–Kier alpha value is -0.120. The lowest BCUT2D eigenvalue weighted by atomic mass is 9.98. The van der Waals surface area contributed by atoms with Crippen molar-refractivity contribution in [1.29, 1.82) is 0 Å². The third-order valence-electron chi connectivity index (χ3n) is 5.16. The molecule has 2 aliphatic carbocycles. The highest BCUT2D eigenvalue weighted by Crippen LogP contribution is 2.40. The minimum atomic E-state index is 0.574. The molecule has 4 rings (SSSR count). The van der Waals surface area contributed by atoms with Gasteiger partial charge >= 0.3 is 0 Å². The van der Waals surface area contributed by atoms with Gasteiger partial charge in [0.15, 0.2) is 0 Å². The first kappa shape index (κ1) is 11.7. The van der Waals surface area contributed by atoms with Crippen LogP contribution >= 0.6 is 0 Å². The monoisotopic (exact) mass is 250 g/mol. The Kier molecular flexibility index (Phi) is 3.10. The number of nitrogens with zero attached hydrogens (tertiary/aromatic N) is 1. The van der Waals surface area contributed by atoms with Crippen molar-refractivity contribution in [2.75, 3.05) is 19.7 Å². The number of rotatable bonds is 4. The van der Waals surface area contributed by atoms with Crippen LogP contribution < -0.4 is 5.32 Å². The van der Waals surface area contributed by atoms with Crippen molar-refractivity contribution < 1.29 is 4.74 Å². The summed E-state index contributed by atoms with van der Waals surface area (Å²) >= 11 is 0. The summed E-state index contributed by atoms with van der Waals surface area (Å²) in [6.45, 7) is 3.58. The summed E-state index contributed by atoms with van der Waals surface area (Å²) in [6.07, 6.45) is 10.3. The van der Waals surface area contributed by atoms with Gasteiger partial charge in [-0.2, -0.15) is 0 Å². The van der Waals surface area contributed by atoms with Gasteiger partial charge in [-0.25, -0.2) is 0 Å². The molecule has 3 unspecified atom stereocenters. The molecule has 1 N–H and O–H groups in total. The predicted molar refractivity (Wildman–Crippen MR) is 71.6 cm³/mol. The van der Waals surface area contributed by atoms with Crippen LogP contribution in [0.5, 0.6) is 0 Å². The standard InChI is InChI=1S/C15H26N2O/c1-2-13(16-12-5-6-12)10-17(8-1)14-7-9-18-15(14)11-3-4-11/h11-16H,1-10H2. The molecule has 2 saturated carbocycles. The van der Waals surface area contributed by atoms with Crippen LogP contribution in [-0.2, 0) is 4.74 Å². The van der Waals surface area contributed by atoms with E-state index in [1.165, 1.54) is 58.0 Å². The molecular weight excluding hydrogens is 224 g/mol. The summed E-state index contributed by atoms with van der Waals surface area (Å²) in [6, 6.07) is 2.35. The van der Waals surface area contributed by atoms with E-state index in [4.69, 9.17) is 4.74 Å². The van der Waals surface area contributed by atoms with Crippen LogP contribution in [0.4, 0.5) is 0 Å². The molecule has 0 spiro atoms. The lowest BCUT2D eigenvalue weighted by Crippen LogP contribution is -2.52. The molecule has 102 valence electrons. The van der Waals surface area contributed by atoms with Gasteiger partial charge in [0.1, 0.15) is 0 Å². The van der Waals surface area contributed by atoms with Crippen molar-refractivity contribution in [3.63, 3.8) is 0 Å². The molecular formula is C15H26N2O. The van der Waals surface area contributed by atoms with Gasteiger partial charge in [0.25, 0.3) is 0 Å². The first-order valence-corrected chi connectivity index (χ1v) is 8.02. The molecule has 0 amide bonds. The van der Waals surface area contributed by atoms with Crippen molar-refractivity contribution in [2.24, 2.45) is 5.92 Å². The quantitative estimate of drug-likeness (QED) is 0.823. The first-order chi connectivity index (χ1) is 8.90. The Morgan fingerprint density at radius 1 is 0.944 bits per heavy atom. The number of piperidine rings is 1. The summed E-state index contributed by atoms with van der Waals surface area (Å²) in [4.78, 5) is 2.75. The van der Waals surface area contributed by atoms with E-state index in [1.807, 2.05) is 0 Å². The van der Waals surface area contributed by atoms with E-state index in [2.05, 4.69) is 10.2 Å². The van der Waals surface area contributed by atoms with E-state index in [-0.39, 0.29) is 0 Å². The Morgan fingerprint density at radius 3 is 2.61 bits per heavy atom. The van der Waals surface area contributed by atoms with Gasteiger partial charge in [-0.05, 0) is 57.4 Å². The molecule has 0 aromatic heterocycles. The smallest absolute Gasteiger partial charge is 0.0759 e. The normalized spacial score (nSPS) is 42.3. The highest BCUT2D eigenvalue weighted by atomic mass is 16.5. The SMILES string of the molecule is C1CC(NC2CC2)CN(C2CCOC2C2CC2)C1. The molecule has 2 heterocycles. The van der Waals surface area contributed by atoms with Gasteiger partial charge < -0.3 is 10.1 Å². The van der Waals surface area contributed by atoms with Crippen LogP contribution in [0.2, 0.25) is 0 Å². The fourth-order valence-corrected chi connectivity index (χ4v) is 3.89. The minimum absolute atomic E-state index is 0.574. The summed E-state index contributed by atoms with van der Waals surface area (Å²) in [7, 11) is 0. The average molecular weight is 250 g/mol. The molecule has 3 atom stereocenters. The summed E-state index contributed by atoms with van der Waals surface area (Å²) in [5.41, 5.74) is 0. The van der Waals surface area contributed by atoms with Gasteiger partial charge in [-0.3, -0.25) is 4.90 Å². The molecule has 3 nitrogen and oxygen atoms in total. The van der Waals surface area contributed by atoms with E-state index in [1.54, 1.807) is 0 Å². The number of hydrogen-bond acceptors (Lipinski definition) is 3. The second-order valence-corrected chi connectivity index (χ2v) is 6.80. The number of likely N-dealkylation sites (tertiary alicyclic amines) is 1. The molecule has 2 aliphatic heterocycles. The van der Waals surface area contributed by atoms with Crippen molar-refractivity contribution in [2.45, 2.75) is 69.2 Å². The Labute approximate surface area is 110 Å². The van der Waals surface area contributed by atoms with Crippen LogP contribution in [0.1, 0.15) is 44.9 Å². The minimum Gasteiger partial charge on any atom is -0.376 e. The molecule has 0 aromatic carbocycles. The Morgan fingerprint density at radius 2 is 1.83 bits per heavy atom. The van der Waals surface area contributed by atoms with Gasteiger partial charge in [-0.15, -0.1) is 0 Å². The van der Waals surface area contributed by atoms with Crippen LogP contribution in [0, 0.1) is 5.92 Å². The summed E-state index contributed by atoms with van der Waals surface area (Å²) in [5, 5.41) is 3.82. The summed E-state index contributed by atoms with van der Waals surface area (Å²) < 4.78 is 6.01.